The van der Waals surface area contributed by atoms with Gasteiger partial charge >= 0.3 is 6.09 Å². The van der Waals surface area contributed by atoms with Crippen LogP contribution in [0.3, 0.4) is 0 Å². The van der Waals surface area contributed by atoms with E-state index in [2.05, 4.69) is 20.6 Å². The van der Waals surface area contributed by atoms with Crippen LogP contribution in [0.2, 0.25) is 0 Å². The van der Waals surface area contributed by atoms with Crippen LogP contribution in [0.25, 0.3) is 10.9 Å². The summed E-state index contributed by atoms with van der Waals surface area (Å²) in [6, 6.07) is 6.26. The van der Waals surface area contributed by atoms with Crippen molar-refractivity contribution in [2.75, 3.05) is 36.5 Å². The number of carbonyl (C=O) groups is 2. The molecule has 1 atom stereocenters. The summed E-state index contributed by atoms with van der Waals surface area (Å²) < 4.78 is 26.6. The molecule has 0 unspecified atom stereocenters. The average molecular weight is 482 g/mol. The molecule has 11 nitrogen and oxygen atoms in total. The minimum Gasteiger partial charge on any atom is -0.465 e. The molecule has 1 saturated heterocycles. The molecule has 0 radical (unpaired) electrons. The number of aromatic nitrogens is 3. The molecule has 4 heterocycles. The summed E-state index contributed by atoms with van der Waals surface area (Å²) in [5, 5.41) is 6.60. The highest BCUT2D eigenvalue weighted by Gasteiger charge is 2.34. The van der Waals surface area contributed by atoms with Crippen molar-refractivity contribution in [2.45, 2.75) is 18.9 Å². The van der Waals surface area contributed by atoms with E-state index in [1.165, 1.54) is 27.8 Å². The second-order valence-corrected chi connectivity index (χ2v) is 8.34. The molecule has 0 saturated carbocycles. The lowest BCUT2D eigenvalue weighted by Crippen LogP contribution is -2.32. The highest BCUT2D eigenvalue weighted by Crippen LogP contribution is 2.27. The van der Waals surface area contributed by atoms with Crippen LogP contribution in [0.4, 0.5) is 20.8 Å². The van der Waals surface area contributed by atoms with E-state index in [0.717, 1.165) is 5.39 Å². The lowest BCUT2D eigenvalue weighted by atomic mass is 10.0. The van der Waals surface area contributed by atoms with Gasteiger partial charge in [0.1, 0.15) is 11.9 Å². The van der Waals surface area contributed by atoms with Crippen molar-refractivity contribution in [3.05, 3.63) is 52.2 Å². The fourth-order valence-corrected chi connectivity index (χ4v) is 4.24. The normalized spacial score (nSPS) is 17.2. The first-order valence-corrected chi connectivity index (χ1v) is 11.2. The van der Waals surface area contributed by atoms with Crippen molar-refractivity contribution in [1.29, 1.82) is 0 Å². The molecule has 2 aliphatic rings. The molecule has 0 bridgehead atoms. The summed E-state index contributed by atoms with van der Waals surface area (Å²) in [7, 11) is 1.64. The van der Waals surface area contributed by atoms with Gasteiger partial charge in [0.2, 0.25) is 0 Å². The second kappa shape index (κ2) is 9.29. The summed E-state index contributed by atoms with van der Waals surface area (Å²) in [4.78, 5) is 45.5. The third kappa shape index (κ3) is 4.52. The summed E-state index contributed by atoms with van der Waals surface area (Å²) in [5.41, 5.74) is 0.921. The molecular weight excluding hydrogens is 459 g/mol. The average Bonchev–Trinajstić information content (AvgIpc) is 3.22. The van der Waals surface area contributed by atoms with Crippen LogP contribution in [-0.4, -0.2) is 58.9 Å². The maximum atomic E-state index is 14.5. The van der Waals surface area contributed by atoms with E-state index in [9.17, 15) is 18.8 Å². The zero-order valence-corrected chi connectivity index (χ0v) is 18.9. The van der Waals surface area contributed by atoms with Gasteiger partial charge in [0, 0.05) is 25.2 Å². The SMILES string of the molecule is Cn1c(=O)ccc2ccc(F)c(CCCNC[C@H]3CN(c4cnc5c(n4)NC(=O)CO5)C(=O)O3)c21. The Bertz CT molecular complexity index is 1380. The van der Waals surface area contributed by atoms with Crippen LogP contribution in [0.1, 0.15) is 12.0 Å². The summed E-state index contributed by atoms with van der Waals surface area (Å²) in [6.45, 7) is 1.09. The number of pyridine rings is 1. The molecule has 0 aliphatic carbocycles. The number of nitrogens with zero attached hydrogens (tertiary/aromatic N) is 4. The minimum atomic E-state index is -0.562. The number of benzene rings is 1. The predicted molar refractivity (Wildman–Crippen MR) is 124 cm³/mol. The van der Waals surface area contributed by atoms with Crippen molar-refractivity contribution in [3.8, 4) is 5.88 Å². The second-order valence-electron chi connectivity index (χ2n) is 8.34. The number of nitrogens with one attached hydrogen (secondary N) is 2. The number of ether oxygens (including phenoxy) is 2. The summed E-state index contributed by atoms with van der Waals surface area (Å²) in [5.74, 6) is -0.0836. The predicted octanol–water partition coefficient (Wildman–Crippen LogP) is 1.35. The van der Waals surface area contributed by atoms with Crippen molar-refractivity contribution in [2.24, 2.45) is 7.05 Å². The number of fused-ring (bicyclic) bond motifs is 2. The molecule has 2 N–H and O–H groups in total. The molecule has 3 aromatic rings. The van der Waals surface area contributed by atoms with E-state index in [1.54, 1.807) is 19.2 Å². The number of amides is 2. The first kappa shape index (κ1) is 22.7. The van der Waals surface area contributed by atoms with Crippen molar-refractivity contribution in [3.63, 3.8) is 0 Å². The largest absolute Gasteiger partial charge is 0.465 e. The van der Waals surface area contributed by atoms with E-state index in [4.69, 9.17) is 9.47 Å². The van der Waals surface area contributed by atoms with E-state index >= 15 is 0 Å². The van der Waals surface area contributed by atoms with E-state index in [-0.39, 0.29) is 48.0 Å². The fourth-order valence-electron chi connectivity index (χ4n) is 4.24. The maximum Gasteiger partial charge on any atom is 0.416 e. The van der Waals surface area contributed by atoms with Gasteiger partial charge in [-0.25, -0.2) is 19.2 Å². The van der Waals surface area contributed by atoms with Crippen LogP contribution < -0.4 is 25.8 Å². The van der Waals surface area contributed by atoms with Crippen LogP contribution >= 0.6 is 0 Å². The van der Waals surface area contributed by atoms with Gasteiger partial charge in [0.15, 0.2) is 18.2 Å². The van der Waals surface area contributed by atoms with Crippen molar-refractivity contribution >= 4 is 34.5 Å². The maximum absolute atomic E-state index is 14.5. The van der Waals surface area contributed by atoms with Crippen LogP contribution in [0.15, 0.2) is 35.3 Å². The van der Waals surface area contributed by atoms with Gasteiger partial charge < -0.3 is 24.7 Å². The van der Waals surface area contributed by atoms with Crippen LogP contribution in [0, 0.1) is 5.82 Å². The molecule has 2 aliphatic heterocycles. The molecular formula is C23H23FN6O5. The Kier molecular flexibility index (Phi) is 6.03. The lowest BCUT2D eigenvalue weighted by molar-refractivity contribution is -0.118. The van der Waals surface area contributed by atoms with Gasteiger partial charge in [0.25, 0.3) is 17.3 Å². The standard InChI is InChI=1S/C23H23FN6O5/c1-29-19(32)7-5-13-4-6-16(24)15(20(13)29)3-2-8-25-9-14-11-30(23(33)35-14)17-10-26-22-21(27-17)28-18(31)12-34-22/h4-7,10,14,25H,2-3,8-9,11-12H2,1H3,(H,27,28,31)/t14-/m0/s1. The smallest absolute Gasteiger partial charge is 0.416 e. The van der Waals surface area contributed by atoms with Gasteiger partial charge in [-0.3, -0.25) is 14.5 Å². The van der Waals surface area contributed by atoms with E-state index in [0.29, 0.717) is 37.0 Å². The molecule has 2 aromatic heterocycles. The molecule has 1 fully saturated rings. The molecule has 0 spiro atoms. The number of hydrogen-bond acceptors (Lipinski definition) is 8. The molecule has 182 valence electrons. The van der Waals surface area contributed by atoms with Crippen LogP contribution in [0.5, 0.6) is 5.88 Å². The van der Waals surface area contributed by atoms with E-state index in [1.807, 2.05) is 0 Å². The number of halogens is 1. The van der Waals surface area contributed by atoms with Gasteiger partial charge in [-0.05, 0) is 43.0 Å². The van der Waals surface area contributed by atoms with Gasteiger partial charge in [-0.15, -0.1) is 0 Å². The Balaban J connectivity index is 1.15. The topological polar surface area (TPSA) is 128 Å². The Morgan fingerprint density at radius 1 is 1.23 bits per heavy atom. The van der Waals surface area contributed by atoms with E-state index < -0.39 is 12.2 Å². The lowest BCUT2D eigenvalue weighted by Gasteiger charge is -2.18. The Morgan fingerprint density at radius 2 is 2.06 bits per heavy atom. The first-order valence-electron chi connectivity index (χ1n) is 11.2. The quantitative estimate of drug-likeness (QED) is 0.483. The number of anilines is 2. The molecule has 2 amide bonds. The van der Waals surface area contributed by atoms with Gasteiger partial charge in [-0.1, -0.05) is 0 Å². The highest BCUT2D eigenvalue weighted by molar-refractivity contribution is 5.94. The monoisotopic (exact) mass is 482 g/mol. The number of hydrogen-bond donors (Lipinski definition) is 2. The summed E-state index contributed by atoms with van der Waals surface area (Å²) >= 11 is 0. The summed E-state index contributed by atoms with van der Waals surface area (Å²) in [6.07, 6.45) is 1.48. The highest BCUT2D eigenvalue weighted by atomic mass is 19.1. The van der Waals surface area contributed by atoms with Gasteiger partial charge in [0.05, 0.1) is 18.3 Å². The minimum absolute atomic E-state index is 0.133. The Hall–Kier alpha value is -4.06. The van der Waals surface area contributed by atoms with Crippen molar-refractivity contribution < 1.29 is 23.5 Å². The molecule has 12 heteroatoms. The first-order chi connectivity index (χ1) is 16.9. The fraction of sp³-hybridized carbons (Fsp3) is 0.348. The molecule has 5 rings (SSSR count). The third-order valence-corrected chi connectivity index (χ3v) is 5.96. The van der Waals surface area contributed by atoms with Crippen molar-refractivity contribution in [1.82, 2.24) is 19.9 Å². The molecule has 35 heavy (non-hydrogen) atoms. The number of rotatable bonds is 7. The Labute approximate surface area is 198 Å². The third-order valence-electron chi connectivity index (χ3n) is 5.96. The number of cyclic esters (lactones) is 1. The Morgan fingerprint density at radius 3 is 2.91 bits per heavy atom. The van der Waals surface area contributed by atoms with Crippen LogP contribution in [-0.2, 0) is 23.0 Å². The number of aryl methyl sites for hydroxylation is 2. The zero-order valence-electron chi connectivity index (χ0n) is 18.9. The van der Waals surface area contributed by atoms with Gasteiger partial charge in [-0.2, -0.15) is 0 Å². The number of carbonyl (C=O) groups excluding carboxylic acids is 2. The molecule has 1 aromatic carbocycles. The zero-order chi connectivity index (χ0) is 24.5.